The second-order valence-corrected chi connectivity index (χ2v) is 2.58. The Balaban J connectivity index is 2.61. The Kier molecular flexibility index (Phi) is 1.95. The monoisotopic (exact) mass is 199 g/mol. The molecule has 1 aromatic heterocycles. The first-order valence-corrected chi connectivity index (χ1v) is 3.70. The van der Waals surface area contributed by atoms with Crippen LogP contribution in [-0.4, -0.2) is 15.4 Å². The average molecular weight is 199 g/mol. The molecule has 72 valence electrons. The van der Waals surface area contributed by atoms with Gasteiger partial charge >= 0.3 is 0 Å². The van der Waals surface area contributed by atoms with Crippen LogP contribution in [0.1, 0.15) is 0 Å². The summed E-state index contributed by atoms with van der Waals surface area (Å²) in [5.41, 5.74) is -0.000880. The van der Waals surface area contributed by atoms with Gasteiger partial charge in [0.05, 0.1) is 6.20 Å². The fourth-order valence-electron chi connectivity index (χ4n) is 1.06. The van der Waals surface area contributed by atoms with Crippen molar-refractivity contribution in [1.29, 1.82) is 0 Å². The highest BCUT2D eigenvalue weighted by Crippen LogP contribution is 2.23. The molecule has 0 saturated carbocycles. The van der Waals surface area contributed by atoms with Gasteiger partial charge in [-0.2, -0.15) is 15.4 Å². The van der Waals surface area contributed by atoms with E-state index >= 15 is 0 Å². The van der Waals surface area contributed by atoms with Crippen LogP contribution in [0.15, 0.2) is 18.3 Å². The molecule has 0 saturated heterocycles. The molecule has 0 amide bonds. The van der Waals surface area contributed by atoms with Crippen molar-refractivity contribution in [2.75, 3.05) is 0 Å². The molecule has 0 bridgehead atoms. The van der Waals surface area contributed by atoms with E-state index in [0.29, 0.717) is 0 Å². The highest BCUT2D eigenvalue weighted by atomic mass is 19.2. The third kappa shape index (κ3) is 1.24. The van der Waals surface area contributed by atoms with E-state index in [1.54, 1.807) is 0 Å². The number of nitrogens with one attached hydrogen (secondary N) is 1. The lowest BCUT2D eigenvalue weighted by Gasteiger charge is -1.99. The quantitative estimate of drug-likeness (QED) is 0.712. The molecule has 0 fully saturated rings. The van der Waals surface area contributed by atoms with Crippen LogP contribution >= 0.6 is 0 Å². The van der Waals surface area contributed by atoms with Crippen LogP contribution in [0, 0.1) is 17.5 Å². The van der Waals surface area contributed by atoms with Gasteiger partial charge in [-0.1, -0.05) is 0 Å². The first kappa shape index (κ1) is 8.74. The van der Waals surface area contributed by atoms with Crippen molar-refractivity contribution in [2.45, 2.75) is 0 Å². The highest BCUT2D eigenvalue weighted by Gasteiger charge is 2.15. The van der Waals surface area contributed by atoms with Gasteiger partial charge < -0.3 is 0 Å². The smallest absolute Gasteiger partial charge is 0.195 e. The summed E-state index contributed by atoms with van der Waals surface area (Å²) in [6.07, 6.45) is 1.22. The first-order chi connectivity index (χ1) is 6.70. The lowest BCUT2D eigenvalue weighted by Crippen LogP contribution is -1.93. The predicted octanol–water partition coefficient (Wildman–Crippen LogP) is 1.89. The number of aromatic amines is 1. The fraction of sp³-hybridized carbons (Fsp3) is 0. The third-order valence-electron chi connectivity index (χ3n) is 1.73. The van der Waals surface area contributed by atoms with Crippen LogP contribution in [0.3, 0.4) is 0 Å². The molecule has 2 rings (SSSR count). The van der Waals surface area contributed by atoms with E-state index in [0.717, 1.165) is 12.1 Å². The van der Waals surface area contributed by atoms with Crippen LogP contribution in [0.5, 0.6) is 0 Å². The van der Waals surface area contributed by atoms with E-state index in [1.165, 1.54) is 6.20 Å². The van der Waals surface area contributed by atoms with Gasteiger partial charge in [-0.3, -0.25) is 0 Å². The Hall–Kier alpha value is -1.85. The predicted molar refractivity (Wildman–Crippen MR) is 41.7 cm³/mol. The molecule has 0 aliphatic rings. The van der Waals surface area contributed by atoms with Gasteiger partial charge in [0.25, 0.3) is 0 Å². The number of benzene rings is 1. The van der Waals surface area contributed by atoms with E-state index in [2.05, 4.69) is 15.4 Å². The molecule has 0 spiro atoms. The van der Waals surface area contributed by atoms with Gasteiger partial charge in [-0.25, -0.2) is 13.2 Å². The van der Waals surface area contributed by atoms with E-state index in [4.69, 9.17) is 0 Å². The second-order valence-electron chi connectivity index (χ2n) is 2.58. The largest absolute Gasteiger partial charge is 0.204 e. The van der Waals surface area contributed by atoms with Crippen molar-refractivity contribution in [3.8, 4) is 11.3 Å². The minimum absolute atomic E-state index is 0.126. The van der Waals surface area contributed by atoms with Gasteiger partial charge in [0.2, 0.25) is 0 Å². The number of halogens is 3. The zero-order valence-corrected chi connectivity index (χ0v) is 6.76. The highest BCUT2D eigenvalue weighted by molar-refractivity contribution is 5.58. The summed E-state index contributed by atoms with van der Waals surface area (Å²) in [6.45, 7) is 0. The molecule has 2 aromatic rings. The standard InChI is InChI=1S/C8H4F3N3/c9-5-2-1-4(7(10)8(5)11)6-3-12-14-13-6/h1-3H,(H,12,13,14). The normalized spacial score (nSPS) is 10.5. The number of nitrogens with zero attached hydrogens (tertiary/aromatic N) is 2. The van der Waals surface area contributed by atoms with Gasteiger partial charge in [-0.05, 0) is 12.1 Å². The van der Waals surface area contributed by atoms with Crippen molar-refractivity contribution in [3.05, 3.63) is 35.8 Å². The van der Waals surface area contributed by atoms with E-state index in [9.17, 15) is 13.2 Å². The maximum Gasteiger partial charge on any atom is 0.195 e. The van der Waals surface area contributed by atoms with Crippen molar-refractivity contribution in [2.24, 2.45) is 0 Å². The van der Waals surface area contributed by atoms with Crippen LogP contribution in [0.2, 0.25) is 0 Å². The van der Waals surface area contributed by atoms with Crippen molar-refractivity contribution in [3.63, 3.8) is 0 Å². The van der Waals surface area contributed by atoms with E-state index in [1.807, 2.05) is 0 Å². The number of H-pyrrole nitrogens is 1. The zero-order valence-electron chi connectivity index (χ0n) is 6.76. The van der Waals surface area contributed by atoms with Gasteiger partial charge in [0.15, 0.2) is 17.5 Å². The summed E-state index contributed by atoms with van der Waals surface area (Å²) in [5.74, 6) is -4.00. The molecule has 0 aliphatic carbocycles. The van der Waals surface area contributed by atoms with E-state index < -0.39 is 17.5 Å². The maximum atomic E-state index is 13.1. The topological polar surface area (TPSA) is 41.6 Å². The number of aromatic nitrogens is 3. The second kappa shape index (κ2) is 3.13. The number of hydrogen-bond acceptors (Lipinski definition) is 2. The number of rotatable bonds is 1. The molecular weight excluding hydrogens is 195 g/mol. The molecule has 14 heavy (non-hydrogen) atoms. The summed E-state index contributed by atoms with van der Waals surface area (Å²) in [4.78, 5) is 0. The molecule has 0 atom stereocenters. The van der Waals surface area contributed by atoms with Gasteiger partial charge in [0, 0.05) is 5.56 Å². The first-order valence-electron chi connectivity index (χ1n) is 3.70. The lowest BCUT2D eigenvalue weighted by molar-refractivity contribution is 0.449. The minimum Gasteiger partial charge on any atom is -0.204 e. The molecule has 0 unspecified atom stereocenters. The summed E-state index contributed by atoms with van der Waals surface area (Å²) >= 11 is 0. The fourth-order valence-corrected chi connectivity index (χ4v) is 1.06. The molecule has 1 aromatic carbocycles. The van der Waals surface area contributed by atoms with Gasteiger partial charge in [-0.15, -0.1) is 0 Å². The van der Waals surface area contributed by atoms with Crippen LogP contribution in [0.4, 0.5) is 13.2 Å². The molecule has 1 heterocycles. The Bertz CT molecular complexity index is 453. The average Bonchev–Trinajstić information content (AvgIpc) is 2.67. The minimum atomic E-state index is -1.51. The zero-order chi connectivity index (χ0) is 10.1. The Morgan fingerprint density at radius 3 is 2.50 bits per heavy atom. The lowest BCUT2D eigenvalue weighted by atomic mass is 10.1. The Morgan fingerprint density at radius 2 is 1.86 bits per heavy atom. The SMILES string of the molecule is Fc1ccc(-c2cn[nH]n2)c(F)c1F. The molecular formula is C8H4F3N3. The summed E-state index contributed by atoms with van der Waals surface area (Å²) in [7, 11) is 0. The summed E-state index contributed by atoms with van der Waals surface area (Å²) in [5, 5.41) is 9.23. The van der Waals surface area contributed by atoms with Gasteiger partial charge in [0.1, 0.15) is 5.69 Å². The summed E-state index contributed by atoms with van der Waals surface area (Å²) < 4.78 is 38.4. The van der Waals surface area contributed by atoms with Crippen molar-refractivity contribution < 1.29 is 13.2 Å². The molecule has 6 heteroatoms. The Morgan fingerprint density at radius 1 is 1.07 bits per heavy atom. The molecule has 3 nitrogen and oxygen atoms in total. The Labute approximate surface area is 76.6 Å². The molecule has 1 N–H and O–H groups in total. The van der Waals surface area contributed by atoms with Crippen LogP contribution in [-0.2, 0) is 0 Å². The van der Waals surface area contributed by atoms with Crippen LogP contribution in [0.25, 0.3) is 11.3 Å². The molecule has 0 radical (unpaired) electrons. The molecule has 0 aliphatic heterocycles. The van der Waals surface area contributed by atoms with E-state index in [-0.39, 0.29) is 11.3 Å². The third-order valence-corrected chi connectivity index (χ3v) is 1.73. The van der Waals surface area contributed by atoms with Crippen molar-refractivity contribution >= 4 is 0 Å². The maximum absolute atomic E-state index is 13.1. The van der Waals surface area contributed by atoms with Crippen LogP contribution < -0.4 is 0 Å². The summed E-state index contributed by atoms with van der Waals surface area (Å²) in [6, 6.07) is 1.94. The number of hydrogen-bond donors (Lipinski definition) is 1. The van der Waals surface area contributed by atoms with Crippen molar-refractivity contribution in [1.82, 2.24) is 15.4 Å².